The van der Waals surface area contributed by atoms with Crippen LogP contribution in [-0.4, -0.2) is 35.0 Å². The second kappa shape index (κ2) is 7.05. The molecular weight excluding hydrogens is 330 g/mol. The first-order valence-corrected chi connectivity index (χ1v) is 8.26. The molecule has 0 unspecified atom stereocenters. The SMILES string of the molecule is Cc1cc(C(=O)Nc2ccc(C(=O)N3CCCCC3)c(Cl)c2)on1. The van der Waals surface area contributed by atoms with Crippen LogP contribution in [0.3, 0.4) is 0 Å². The summed E-state index contributed by atoms with van der Waals surface area (Å²) in [5.41, 5.74) is 1.57. The summed E-state index contributed by atoms with van der Waals surface area (Å²) in [6.07, 6.45) is 3.20. The lowest BCUT2D eigenvalue weighted by Crippen LogP contribution is -2.35. The second-order valence-electron chi connectivity index (χ2n) is 5.83. The van der Waals surface area contributed by atoms with Crippen molar-refractivity contribution in [1.29, 1.82) is 0 Å². The number of aromatic nitrogens is 1. The van der Waals surface area contributed by atoms with Crippen molar-refractivity contribution in [2.24, 2.45) is 0 Å². The number of carbonyl (C=O) groups is 2. The van der Waals surface area contributed by atoms with Gasteiger partial charge in [-0.3, -0.25) is 9.59 Å². The van der Waals surface area contributed by atoms with Crippen LogP contribution in [0, 0.1) is 6.92 Å². The minimum atomic E-state index is -0.415. The third-order valence-electron chi connectivity index (χ3n) is 3.95. The molecule has 7 heteroatoms. The minimum Gasteiger partial charge on any atom is -0.351 e. The van der Waals surface area contributed by atoms with Gasteiger partial charge in [-0.25, -0.2) is 0 Å². The molecule has 24 heavy (non-hydrogen) atoms. The van der Waals surface area contributed by atoms with E-state index in [1.807, 2.05) is 4.90 Å². The molecule has 1 N–H and O–H groups in total. The number of rotatable bonds is 3. The van der Waals surface area contributed by atoms with E-state index in [0.29, 0.717) is 22.0 Å². The first-order valence-electron chi connectivity index (χ1n) is 7.88. The van der Waals surface area contributed by atoms with Gasteiger partial charge in [0.25, 0.3) is 11.8 Å². The number of likely N-dealkylation sites (tertiary alicyclic amines) is 1. The van der Waals surface area contributed by atoms with E-state index >= 15 is 0 Å². The van der Waals surface area contributed by atoms with Crippen molar-refractivity contribution in [3.8, 4) is 0 Å². The summed E-state index contributed by atoms with van der Waals surface area (Å²) in [4.78, 5) is 26.4. The maximum Gasteiger partial charge on any atom is 0.294 e. The lowest BCUT2D eigenvalue weighted by molar-refractivity contribution is 0.0724. The van der Waals surface area contributed by atoms with Crippen molar-refractivity contribution in [2.45, 2.75) is 26.2 Å². The summed E-state index contributed by atoms with van der Waals surface area (Å²) >= 11 is 6.24. The topological polar surface area (TPSA) is 75.4 Å². The average molecular weight is 348 g/mol. The number of carbonyl (C=O) groups excluding carboxylic acids is 2. The number of benzene rings is 1. The molecule has 0 saturated carbocycles. The number of nitrogens with one attached hydrogen (secondary N) is 1. The largest absolute Gasteiger partial charge is 0.351 e. The summed E-state index contributed by atoms with van der Waals surface area (Å²) in [7, 11) is 0. The van der Waals surface area contributed by atoms with Crippen LogP contribution in [0.5, 0.6) is 0 Å². The van der Waals surface area contributed by atoms with Gasteiger partial charge in [-0.1, -0.05) is 16.8 Å². The molecule has 126 valence electrons. The van der Waals surface area contributed by atoms with Crippen LogP contribution < -0.4 is 5.32 Å². The highest BCUT2D eigenvalue weighted by Crippen LogP contribution is 2.24. The standard InChI is InChI=1S/C17H18ClN3O3/c1-11-9-15(24-20-11)16(22)19-12-5-6-13(14(18)10-12)17(23)21-7-3-2-4-8-21/h5-6,9-10H,2-4,7-8H2,1H3,(H,19,22). The zero-order valence-electron chi connectivity index (χ0n) is 13.3. The molecule has 0 radical (unpaired) electrons. The Kier molecular flexibility index (Phi) is 4.85. The van der Waals surface area contributed by atoms with Gasteiger partial charge in [0, 0.05) is 24.8 Å². The summed E-state index contributed by atoms with van der Waals surface area (Å²) in [5, 5.41) is 6.67. The van der Waals surface area contributed by atoms with Gasteiger partial charge in [-0.05, 0) is 44.4 Å². The molecule has 0 aliphatic carbocycles. The van der Waals surface area contributed by atoms with E-state index in [-0.39, 0.29) is 11.7 Å². The molecule has 2 aromatic rings. The Morgan fingerprint density at radius 3 is 2.58 bits per heavy atom. The molecular formula is C17H18ClN3O3. The molecule has 1 fully saturated rings. The van der Waals surface area contributed by atoms with E-state index in [1.54, 1.807) is 31.2 Å². The average Bonchev–Trinajstić information content (AvgIpc) is 3.02. The third kappa shape index (κ3) is 3.59. The highest BCUT2D eigenvalue weighted by molar-refractivity contribution is 6.34. The number of aryl methyl sites for hydroxylation is 1. The fraction of sp³-hybridized carbons (Fsp3) is 0.353. The predicted octanol–water partition coefficient (Wildman–Crippen LogP) is 3.51. The molecule has 1 aromatic heterocycles. The Balaban J connectivity index is 1.72. The number of amides is 2. The maximum absolute atomic E-state index is 12.5. The normalized spacial score (nSPS) is 14.5. The van der Waals surface area contributed by atoms with Gasteiger partial charge in [0.15, 0.2) is 0 Å². The molecule has 1 aliphatic heterocycles. The summed E-state index contributed by atoms with van der Waals surface area (Å²) in [6.45, 7) is 3.26. The first kappa shape index (κ1) is 16.5. The van der Waals surface area contributed by atoms with E-state index < -0.39 is 5.91 Å². The van der Waals surface area contributed by atoms with E-state index in [1.165, 1.54) is 0 Å². The first-order chi connectivity index (χ1) is 11.5. The second-order valence-corrected chi connectivity index (χ2v) is 6.24. The van der Waals surface area contributed by atoms with Crippen molar-refractivity contribution in [2.75, 3.05) is 18.4 Å². The van der Waals surface area contributed by atoms with Crippen LogP contribution in [0.1, 0.15) is 45.9 Å². The van der Waals surface area contributed by atoms with Gasteiger partial charge in [0.05, 0.1) is 16.3 Å². The molecule has 0 spiro atoms. The number of hydrogen-bond acceptors (Lipinski definition) is 4. The summed E-state index contributed by atoms with van der Waals surface area (Å²) in [5.74, 6) is -0.359. The van der Waals surface area contributed by atoms with Crippen LogP contribution in [0.4, 0.5) is 5.69 Å². The number of piperidine rings is 1. The zero-order chi connectivity index (χ0) is 17.1. The number of hydrogen-bond donors (Lipinski definition) is 1. The van der Waals surface area contributed by atoms with Gasteiger partial charge in [0.1, 0.15) is 0 Å². The fourth-order valence-electron chi connectivity index (χ4n) is 2.70. The predicted molar refractivity (Wildman–Crippen MR) is 90.4 cm³/mol. The molecule has 1 aliphatic rings. The Hall–Kier alpha value is -2.34. The zero-order valence-corrected chi connectivity index (χ0v) is 14.1. The van der Waals surface area contributed by atoms with Crippen LogP contribution in [-0.2, 0) is 0 Å². The van der Waals surface area contributed by atoms with E-state index in [2.05, 4.69) is 10.5 Å². The van der Waals surface area contributed by atoms with Crippen LogP contribution in [0.15, 0.2) is 28.8 Å². The highest BCUT2D eigenvalue weighted by atomic mass is 35.5. The Labute approximate surface area is 144 Å². The summed E-state index contributed by atoms with van der Waals surface area (Å²) in [6, 6.07) is 6.41. The van der Waals surface area contributed by atoms with Crippen LogP contribution in [0.25, 0.3) is 0 Å². The number of halogens is 1. The molecule has 6 nitrogen and oxygen atoms in total. The quantitative estimate of drug-likeness (QED) is 0.921. The van der Waals surface area contributed by atoms with E-state index in [0.717, 1.165) is 32.4 Å². The lowest BCUT2D eigenvalue weighted by Gasteiger charge is -2.27. The monoisotopic (exact) mass is 347 g/mol. The highest BCUT2D eigenvalue weighted by Gasteiger charge is 2.21. The van der Waals surface area contributed by atoms with Gasteiger partial charge < -0.3 is 14.7 Å². The van der Waals surface area contributed by atoms with Crippen molar-refractivity contribution < 1.29 is 14.1 Å². The van der Waals surface area contributed by atoms with E-state index in [9.17, 15) is 9.59 Å². The number of anilines is 1. The van der Waals surface area contributed by atoms with Crippen molar-refractivity contribution in [3.05, 3.63) is 46.3 Å². The molecule has 2 heterocycles. The smallest absolute Gasteiger partial charge is 0.294 e. The van der Waals surface area contributed by atoms with Gasteiger partial charge in [-0.15, -0.1) is 0 Å². The van der Waals surface area contributed by atoms with Crippen molar-refractivity contribution in [1.82, 2.24) is 10.1 Å². The van der Waals surface area contributed by atoms with Gasteiger partial charge in [-0.2, -0.15) is 0 Å². The van der Waals surface area contributed by atoms with E-state index in [4.69, 9.17) is 16.1 Å². The minimum absolute atomic E-state index is 0.0663. The molecule has 2 amide bonds. The Bertz CT molecular complexity index is 766. The van der Waals surface area contributed by atoms with Crippen molar-refractivity contribution >= 4 is 29.1 Å². The Morgan fingerprint density at radius 1 is 1.21 bits per heavy atom. The molecule has 1 saturated heterocycles. The summed E-state index contributed by atoms with van der Waals surface area (Å²) < 4.78 is 4.91. The number of nitrogens with zero attached hydrogens (tertiary/aromatic N) is 2. The van der Waals surface area contributed by atoms with Crippen molar-refractivity contribution in [3.63, 3.8) is 0 Å². The Morgan fingerprint density at radius 2 is 1.96 bits per heavy atom. The molecule has 1 aromatic carbocycles. The lowest BCUT2D eigenvalue weighted by atomic mass is 10.1. The molecule has 0 atom stereocenters. The molecule has 3 rings (SSSR count). The molecule has 0 bridgehead atoms. The third-order valence-corrected chi connectivity index (χ3v) is 4.27. The fourth-order valence-corrected chi connectivity index (χ4v) is 2.96. The van der Waals surface area contributed by atoms with Gasteiger partial charge >= 0.3 is 0 Å². The maximum atomic E-state index is 12.5. The van der Waals surface area contributed by atoms with Crippen LogP contribution in [0.2, 0.25) is 5.02 Å². The van der Waals surface area contributed by atoms with Crippen LogP contribution >= 0.6 is 11.6 Å². The van der Waals surface area contributed by atoms with Gasteiger partial charge in [0.2, 0.25) is 5.76 Å².